The monoisotopic (exact) mass is 804 g/mol. The summed E-state index contributed by atoms with van der Waals surface area (Å²) in [6, 6.07) is 19.7. The van der Waals surface area contributed by atoms with Crippen LogP contribution in [0.25, 0.3) is 22.0 Å². The first kappa shape index (κ1) is 42.1. The minimum Gasteiger partial charge on any atom is -0.478 e. The molecular formula is C44H52N8O5S. The molecule has 2 aromatic heterocycles. The highest BCUT2D eigenvalue weighted by Gasteiger charge is 2.34. The second-order valence-corrected chi connectivity index (χ2v) is 15.6. The summed E-state index contributed by atoms with van der Waals surface area (Å²) in [5.41, 5.74) is 17.9. The normalized spacial score (nSPS) is 18.2. The molecule has 13 nitrogen and oxygen atoms in total. The molecule has 5 aromatic rings. The van der Waals surface area contributed by atoms with Crippen molar-refractivity contribution in [3.05, 3.63) is 113 Å². The molecule has 0 saturated heterocycles. The van der Waals surface area contributed by atoms with Crippen molar-refractivity contribution in [3.8, 4) is 11.1 Å². The quantitative estimate of drug-likeness (QED) is 0.0899. The number of unbranched alkanes of at least 4 members (excludes halogenated alkanes) is 1. The third kappa shape index (κ3) is 9.94. The Morgan fingerprint density at radius 3 is 2.41 bits per heavy atom. The van der Waals surface area contributed by atoms with Gasteiger partial charge in [-0.2, -0.15) is 0 Å². The summed E-state index contributed by atoms with van der Waals surface area (Å²) in [5, 5.41) is 20.9. The maximum absolute atomic E-state index is 14.7. The smallest absolute Gasteiger partial charge is 0.335 e. The fraction of sp³-hybridized carbons (Fsp3) is 0.341. The summed E-state index contributed by atoms with van der Waals surface area (Å²) in [6.07, 6.45) is 6.44. The molecule has 0 fully saturated rings. The minimum atomic E-state index is -1.02. The second kappa shape index (κ2) is 19.7. The summed E-state index contributed by atoms with van der Waals surface area (Å²) in [6.45, 7) is 3.25. The van der Waals surface area contributed by atoms with E-state index in [2.05, 4.69) is 20.9 Å². The number of hydrogen-bond acceptors (Lipinski definition) is 9. The van der Waals surface area contributed by atoms with Crippen molar-refractivity contribution in [2.75, 3.05) is 20.1 Å². The summed E-state index contributed by atoms with van der Waals surface area (Å²) in [7, 11) is 1.62. The van der Waals surface area contributed by atoms with Crippen molar-refractivity contribution in [3.63, 3.8) is 0 Å². The number of carbonyl (C=O) groups excluding carboxylic acids is 3. The molecule has 0 bridgehead atoms. The minimum absolute atomic E-state index is 0.101. The van der Waals surface area contributed by atoms with Gasteiger partial charge < -0.3 is 42.4 Å². The van der Waals surface area contributed by atoms with Crippen LogP contribution in [0.2, 0.25) is 0 Å². The molecule has 1 aliphatic rings. The highest BCUT2D eigenvalue weighted by atomic mass is 32.2. The number of amides is 3. The first-order valence-corrected chi connectivity index (χ1v) is 20.5. The van der Waals surface area contributed by atoms with Gasteiger partial charge in [0, 0.05) is 54.8 Å². The van der Waals surface area contributed by atoms with Crippen LogP contribution in [0, 0.1) is 6.92 Å². The number of aryl methyl sites for hydroxylation is 1. The van der Waals surface area contributed by atoms with E-state index in [0.717, 1.165) is 54.2 Å². The molecule has 3 aromatic carbocycles. The molecule has 3 amide bonds. The van der Waals surface area contributed by atoms with Gasteiger partial charge in [0.1, 0.15) is 17.1 Å². The van der Waals surface area contributed by atoms with Crippen LogP contribution in [0.3, 0.4) is 0 Å². The standard InChI is InChI=1S/C44H52N8O5S/c1-27-14-19-32(28-15-17-29(18-16-28)44(56)57)34-26-50-41(54)38(23-31-25-48-35-11-4-3-10-33(31)35)52(2)43(55)37(12-5-6-20-45)51-40(53)36(13-7-21-46)49-24-30-9-8-22-47-42(30)58-39(27)34/h3-4,8-11,14-19,22,25,36-38,48-49H,5-7,12-13,20-21,23-24,26,45-46H2,1-2H3,(H,50,54)(H,51,53)(H,56,57)/t36-,37-,38-/m0/s1. The van der Waals surface area contributed by atoms with Crippen LogP contribution < -0.4 is 27.4 Å². The molecule has 1 aliphatic heterocycles. The van der Waals surface area contributed by atoms with Crippen LogP contribution in [-0.2, 0) is 33.9 Å². The van der Waals surface area contributed by atoms with Crippen LogP contribution >= 0.6 is 11.8 Å². The SMILES string of the molecule is Cc1ccc(-c2ccc(C(=O)O)cc2)c2c1Sc1ncccc1CN[C@@H](CCCN)C(=O)N[C@@H](CCCCN)C(=O)N(C)[C@@H](Cc1c[nH]c3ccccc13)C(=O)NC2. The molecule has 0 unspecified atom stereocenters. The first-order chi connectivity index (χ1) is 28.1. The molecule has 0 spiro atoms. The van der Waals surface area contributed by atoms with Gasteiger partial charge in [0.15, 0.2) is 0 Å². The molecule has 3 atom stereocenters. The number of nitrogens with one attached hydrogen (secondary N) is 4. The predicted molar refractivity (Wildman–Crippen MR) is 226 cm³/mol. The van der Waals surface area contributed by atoms with E-state index in [-0.39, 0.29) is 36.3 Å². The number of carbonyl (C=O) groups is 4. The third-order valence-electron chi connectivity index (χ3n) is 10.7. The Hall–Kier alpha value is -5.54. The number of carboxylic acids is 1. The Labute approximate surface area is 342 Å². The molecule has 58 heavy (non-hydrogen) atoms. The highest BCUT2D eigenvalue weighted by Crippen LogP contribution is 2.39. The molecule has 0 aliphatic carbocycles. The van der Waals surface area contributed by atoms with Crippen molar-refractivity contribution in [1.82, 2.24) is 30.8 Å². The molecular weight excluding hydrogens is 753 g/mol. The van der Waals surface area contributed by atoms with Gasteiger partial charge in [0.05, 0.1) is 11.6 Å². The van der Waals surface area contributed by atoms with Crippen LogP contribution in [0.5, 0.6) is 0 Å². The van der Waals surface area contributed by atoms with E-state index < -0.39 is 24.1 Å². The Balaban J connectivity index is 1.48. The highest BCUT2D eigenvalue weighted by molar-refractivity contribution is 7.99. The van der Waals surface area contributed by atoms with Crippen LogP contribution in [0.15, 0.2) is 95.1 Å². The molecule has 14 heteroatoms. The van der Waals surface area contributed by atoms with E-state index >= 15 is 0 Å². The van der Waals surface area contributed by atoms with Crippen molar-refractivity contribution >= 4 is 46.4 Å². The van der Waals surface area contributed by atoms with Gasteiger partial charge in [-0.15, -0.1) is 0 Å². The number of likely N-dealkylation sites (N-methyl/N-ethyl adjacent to an activating group) is 1. The Morgan fingerprint density at radius 1 is 0.897 bits per heavy atom. The van der Waals surface area contributed by atoms with Gasteiger partial charge in [0.2, 0.25) is 17.7 Å². The summed E-state index contributed by atoms with van der Waals surface area (Å²) in [4.78, 5) is 65.6. The summed E-state index contributed by atoms with van der Waals surface area (Å²) >= 11 is 1.47. The Kier molecular flexibility index (Phi) is 14.3. The van der Waals surface area contributed by atoms with E-state index in [0.29, 0.717) is 51.7 Å². The fourth-order valence-electron chi connectivity index (χ4n) is 7.38. The molecule has 3 heterocycles. The largest absolute Gasteiger partial charge is 0.478 e. The number of hydrogen-bond donors (Lipinski definition) is 7. The van der Waals surface area contributed by atoms with Crippen LogP contribution in [-0.4, -0.2) is 81.9 Å². The van der Waals surface area contributed by atoms with E-state index in [1.165, 1.54) is 16.7 Å². The second-order valence-electron chi connectivity index (χ2n) is 14.6. The van der Waals surface area contributed by atoms with Gasteiger partial charge in [-0.3, -0.25) is 14.4 Å². The van der Waals surface area contributed by atoms with E-state index in [9.17, 15) is 24.3 Å². The summed E-state index contributed by atoms with van der Waals surface area (Å²) < 4.78 is 0. The first-order valence-electron chi connectivity index (χ1n) is 19.7. The average molecular weight is 805 g/mol. The molecule has 0 saturated carbocycles. The fourth-order valence-corrected chi connectivity index (χ4v) is 8.50. The zero-order valence-electron chi connectivity index (χ0n) is 32.9. The number of fused-ring (bicyclic) bond motifs is 3. The number of carboxylic acid groups (broad SMARTS) is 1. The van der Waals surface area contributed by atoms with Gasteiger partial charge in [-0.05, 0) is 110 Å². The summed E-state index contributed by atoms with van der Waals surface area (Å²) in [5.74, 6) is -2.10. The van der Waals surface area contributed by atoms with Gasteiger partial charge in [0.25, 0.3) is 0 Å². The van der Waals surface area contributed by atoms with Gasteiger partial charge in [-0.1, -0.05) is 60.3 Å². The van der Waals surface area contributed by atoms with Crippen molar-refractivity contribution < 1.29 is 24.3 Å². The van der Waals surface area contributed by atoms with Crippen LogP contribution in [0.1, 0.15) is 64.7 Å². The van der Waals surface area contributed by atoms with Gasteiger partial charge >= 0.3 is 5.97 Å². The van der Waals surface area contributed by atoms with E-state index in [1.54, 1.807) is 37.5 Å². The van der Waals surface area contributed by atoms with Crippen molar-refractivity contribution in [2.45, 2.75) is 86.6 Å². The lowest BCUT2D eigenvalue weighted by Crippen LogP contribution is -2.57. The average Bonchev–Trinajstić information content (AvgIpc) is 3.64. The number of H-pyrrole nitrogens is 1. The van der Waals surface area contributed by atoms with E-state index in [1.807, 2.05) is 61.7 Å². The van der Waals surface area contributed by atoms with Crippen molar-refractivity contribution in [1.29, 1.82) is 0 Å². The predicted octanol–water partition coefficient (Wildman–Crippen LogP) is 4.90. The number of nitrogens with zero attached hydrogens (tertiary/aromatic N) is 2. The topological polar surface area (TPSA) is 209 Å². The lowest BCUT2D eigenvalue weighted by molar-refractivity contribution is -0.142. The number of pyridine rings is 1. The number of aromatic amines is 1. The number of benzene rings is 3. The number of nitrogens with two attached hydrogens (primary N) is 2. The van der Waals surface area contributed by atoms with Crippen LogP contribution in [0.4, 0.5) is 0 Å². The zero-order valence-corrected chi connectivity index (χ0v) is 33.7. The maximum Gasteiger partial charge on any atom is 0.335 e. The lowest BCUT2D eigenvalue weighted by Gasteiger charge is -2.32. The van der Waals surface area contributed by atoms with Crippen molar-refractivity contribution in [2.24, 2.45) is 11.5 Å². The number of para-hydroxylation sites is 1. The number of aromatic nitrogens is 2. The Morgan fingerprint density at radius 2 is 1.66 bits per heavy atom. The molecule has 0 radical (unpaired) electrons. The Bertz CT molecular complexity index is 2240. The molecule has 304 valence electrons. The molecule has 9 N–H and O–H groups in total. The molecule has 6 rings (SSSR count). The third-order valence-corrected chi connectivity index (χ3v) is 12.0. The van der Waals surface area contributed by atoms with E-state index in [4.69, 9.17) is 16.5 Å². The van der Waals surface area contributed by atoms with Gasteiger partial charge in [-0.25, -0.2) is 9.78 Å². The number of rotatable bonds is 11. The zero-order chi connectivity index (χ0) is 41.2. The maximum atomic E-state index is 14.7. The lowest BCUT2D eigenvalue weighted by atomic mass is 9.96. The number of aromatic carboxylic acids is 1.